The third-order valence-electron chi connectivity index (χ3n) is 4.50. The van der Waals surface area contributed by atoms with Gasteiger partial charge in [0.15, 0.2) is 11.3 Å². The largest absolute Gasteiger partial charge is 0.395 e. The summed E-state index contributed by atoms with van der Waals surface area (Å²) >= 11 is 0. The summed E-state index contributed by atoms with van der Waals surface area (Å²) in [5.41, 5.74) is -0.234. The van der Waals surface area contributed by atoms with Crippen LogP contribution >= 0.6 is 0 Å². The van der Waals surface area contributed by atoms with Crippen LogP contribution in [0, 0.1) is 5.92 Å². The number of rotatable bonds is 3. The van der Waals surface area contributed by atoms with Gasteiger partial charge in [-0.2, -0.15) is 10.2 Å². The van der Waals surface area contributed by atoms with Crippen LogP contribution < -0.4 is 0 Å². The molecule has 1 fully saturated rings. The van der Waals surface area contributed by atoms with E-state index in [0.717, 1.165) is 0 Å². The Bertz CT molecular complexity index is 490. The number of β-amino-alcohol motifs (C(OH)–C–C–N with tert-alkyl or cyclic N) is 1. The van der Waals surface area contributed by atoms with Crippen molar-refractivity contribution in [3.8, 4) is 0 Å². The molecule has 0 amide bonds. The van der Waals surface area contributed by atoms with Gasteiger partial charge in [-0.15, -0.1) is 0 Å². The van der Waals surface area contributed by atoms with E-state index in [9.17, 15) is 9.90 Å². The van der Waals surface area contributed by atoms with E-state index in [1.54, 1.807) is 20.1 Å². The summed E-state index contributed by atoms with van der Waals surface area (Å²) in [5, 5.41) is 17.4. The zero-order chi connectivity index (χ0) is 14.4. The number of nitrogens with zero attached hydrogens (tertiary/aromatic N) is 3. The van der Waals surface area contributed by atoms with Gasteiger partial charge in [0.1, 0.15) is 0 Å². The maximum Gasteiger partial charge on any atom is 0.217 e. The first-order valence-electron chi connectivity index (χ1n) is 6.78. The summed E-state index contributed by atoms with van der Waals surface area (Å²) in [6, 6.07) is 0. The average Bonchev–Trinajstić information content (AvgIpc) is 2.85. The van der Waals surface area contributed by atoms with Crippen molar-refractivity contribution in [1.29, 1.82) is 0 Å². The van der Waals surface area contributed by atoms with Gasteiger partial charge < -0.3 is 19.5 Å². The summed E-state index contributed by atoms with van der Waals surface area (Å²) in [6.45, 7) is 3.75. The third-order valence-corrected chi connectivity index (χ3v) is 4.50. The van der Waals surface area contributed by atoms with E-state index in [1.165, 1.54) is 0 Å². The van der Waals surface area contributed by atoms with E-state index in [-0.39, 0.29) is 18.3 Å². The molecule has 0 unspecified atom stereocenters. The highest BCUT2D eigenvalue weighted by atomic mass is 16.7. The molecule has 3 rings (SSSR count). The minimum absolute atomic E-state index is 0.0159. The van der Waals surface area contributed by atoms with Crippen molar-refractivity contribution in [2.45, 2.75) is 18.2 Å². The lowest BCUT2D eigenvalue weighted by Gasteiger charge is -2.51. The molecule has 0 aromatic carbocycles. The molecule has 0 radical (unpaired) electrons. The standard InChI is InChI=1S/C13H19N3O4/c1-12-9(8-14-15-12)13(19-2)10(7-11(12)18)16(3-5-17)4-6-20-13/h7,9,17H,3-6,8H2,1-2H3/t9-,12+,13-/m0/s1. The Morgan fingerprint density at radius 3 is 3.15 bits per heavy atom. The van der Waals surface area contributed by atoms with Crippen LogP contribution in [0.1, 0.15) is 6.92 Å². The summed E-state index contributed by atoms with van der Waals surface area (Å²) in [6.07, 6.45) is 1.54. The van der Waals surface area contributed by atoms with Crippen LogP contribution in [0.2, 0.25) is 0 Å². The molecule has 2 heterocycles. The average molecular weight is 281 g/mol. The fraction of sp³-hybridized carbons (Fsp3) is 0.769. The van der Waals surface area contributed by atoms with Gasteiger partial charge in [-0.05, 0) is 6.92 Å². The lowest BCUT2D eigenvalue weighted by molar-refractivity contribution is -0.263. The van der Waals surface area contributed by atoms with Crippen LogP contribution in [-0.4, -0.2) is 67.1 Å². The molecule has 2 aliphatic heterocycles. The van der Waals surface area contributed by atoms with Crippen LogP contribution in [0.15, 0.2) is 22.0 Å². The Kier molecular flexibility index (Phi) is 3.15. The highest BCUT2D eigenvalue weighted by Gasteiger charge is 2.63. The maximum absolute atomic E-state index is 12.4. The van der Waals surface area contributed by atoms with Gasteiger partial charge in [0, 0.05) is 26.3 Å². The van der Waals surface area contributed by atoms with E-state index in [2.05, 4.69) is 10.2 Å². The first kappa shape index (κ1) is 13.7. The number of carbonyl (C=O) groups is 1. The topological polar surface area (TPSA) is 83.7 Å². The molecule has 0 aromatic rings. The second-order valence-electron chi connectivity index (χ2n) is 5.45. The number of hydrogen-bond donors (Lipinski definition) is 1. The lowest BCUT2D eigenvalue weighted by Crippen LogP contribution is -2.64. The van der Waals surface area contributed by atoms with E-state index >= 15 is 0 Å². The van der Waals surface area contributed by atoms with Gasteiger partial charge in [0.25, 0.3) is 0 Å². The van der Waals surface area contributed by atoms with E-state index in [0.29, 0.717) is 31.9 Å². The van der Waals surface area contributed by atoms with Crippen molar-refractivity contribution >= 4 is 5.78 Å². The molecule has 0 spiro atoms. The summed E-state index contributed by atoms with van der Waals surface area (Å²) in [5.74, 6) is -1.35. The molecule has 7 nitrogen and oxygen atoms in total. The molecule has 7 heteroatoms. The van der Waals surface area contributed by atoms with Gasteiger partial charge in [-0.1, -0.05) is 0 Å². The molecule has 1 N–H and O–H groups in total. The molecule has 20 heavy (non-hydrogen) atoms. The number of fused-ring (bicyclic) bond motifs is 3. The summed E-state index contributed by atoms with van der Waals surface area (Å²) in [7, 11) is 1.57. The molecule has 110 valence electrons. The zero-order valence-corrected chi connectivity index (χ0v) is 11.7. The van der Waals surface area contributed by atoms with Crippen LogP contribution in [0.4, 0.5) is 0 Å². The first-order chi connectivity index (χ1) is 9.58. The molecule has 3 aliphatic rings. The Labute approximate surface area is 117 Å². The Hall–Kier alpha value is -1.31. The van der Waals surface area contributed by atoms with Gasteiger partial charge in [0.2, 0.25) is 5.79 Å². The Morgan fingerprint density at radius 1 is 1.65 bits per heavy atom. The Morgan fingerprint density at radius 2 is 2.45 bits per heavy atom. The second kappa shape index (κ2) is 4.61. The zero-order valence-electron chi connectivity index (χ0n) is 11.7. The number of aliphatic hydroxyl groups is 1. The first-order valence-corrected chi connectivity index (χ1v) is 6.78. The van der Waals surface area contributed by atoms with E-state index < -0.39 is 11.3 Å². The number of morpholine rings is 1. The maximum atomic E-state index is 12.4. The molecular weight excluding hydrogens is 262 g/mol. The molecular formula is C13H19N3O4. The Balaban J connectivity index is 2.09. The van der Waals surface area contributed by atoms with Crippen LogP contribution in [0.3, 0.4) is 0 Å². The normalized spacial score (nSPS) is 39.5. The van der Waals surface area contributed by atoms with Crippen LogP contribution in [0.25, 0.3) is 0 Å². The van der Waals surface area contributed by atoms with Crippen molar-refractivity contribution in [1.82, 2.24) is 4.90 Å². The van der Waals surface area contributed by atoms with Gasteiger partial charge in [-0.3, -0.25) is 4.79 Å². The molecule has 3 atom stereocenters. The number of ether oxygens (including phenoxy) is 2. The van der Waals surface area contributed by atoms with Crippen molar-refractivity contribution in [3.63, 3.8) is 0 Å². The van der Waals surface area contributed by atoms with Crippen molar-refractivity contribution in [2.75, 3.05) is 40.0 Å². The second-order valence-corrected chi connectivity index (χ2v) is 5.45. The van der Waals surface area contributed by atoms with Gasteiger partial charge in [-0.25, -0.2) is 0 Å². The number of azo groups is 1. The van der Waals surface area contributed by atoms with Crippen molar-refractivity contribution in [3.05, 3.63) is 11.8 Å². The van der Waals surface area contributed by atoms with Crippen molar-refractivity contribution in [2.24, 2.45) is 16.1 Å². The van der Waals surface area contributed by atoms with Crippen LogP contribution in [-0.2, 0) is 14.3 Å². The molecule has 1 saturated heterocycles. The third kappa shape index (κ3) is 1.60. The number of methoxy groups -OCH3 is 1. The summed E-state index contributed by atoms with van der Waals surface area (Å²) < 4.78 is 11.6. The monoisotopic (exact) mass is 281 g/mol. The minimum atomic E-state index is -1.00. The SMILES string of the molecule is CO[C@@]12OCCN(CCO)C1=CC(=O)[C@]1(C)N=NC[C@H]21. The fourth-order valence-corrected chi connectivity index (χ4v) is 3.35. The quantitative estimate of drug-likeness (QED) is 0.785. The molecule has 0 saturated carbocycles. The predicted molar refractivity (Wildman–Crippen MR) is 69.1 cm³/mol. The van der Waals surface area contributed by atoms with E-state index in [4.69, 9.17) is 9.47 Å². The number of hydrogen-bond acceptors (Lipinski definition) is 7. The molecule has 0 aromatic heterocycles. The van der Waals surface area contributed by atoms with E-state index in [1.807, 2.05) is 4.90 Å². The number of carbonyl (C=O) groups excluding carboxylic acids is 1. The number of ketones is 1. The highest BCUT2D eigenvalue weighted by Crippen LogP contribution is 2.49. The van der Waals surface area contributed by atoms with Crippen molar-refractivity contribution < 1.29 is 19.4 Å². The van der Waals surface area contributed by atoms with Gasteiger partial charge in [0.05, 0.1) is 31.4 Å². The predicted octanol–water partition coefficient (Wildman–Crippen LogP) is -0.0391. The highest BCUT2D eigenvalue weighted by molar-refractivity contribution is 6.00. The number of aliphatic hydroxyl groups excluding tert-OH is 1. The molecule has 0 bridgehead atoms. The molecule has 1 aliphatic carbocycles. The smallest absolute Gasteiger partial charge is 0.217 e. The van der Waals surface area contributed by atoms with Crippen LogP contribution in [0.5, 0.6) is 0 Å². The minimum Gasteiger partial charge on any atom is -0.395 e. The lowest BCUT2D eigenvalue weighted by atomic mass is 9.71. The fourth-order valence-electron chi connectivity index (χ4n) is 3.35. The summed E-state index contributed by atoms with van der Waals surface area (Å²) in [4.78, 5) is 14.4. The van der Waals surface area contributed by atoms with Gasteiger partial charge >= 0.3 is 0 Å².